The Hall–Kier alpha value is -2.09. The van der Waals surface area contributed by atoms with Gasteiger partial charge in [-0.15, -0.1) is 0 Å². The summed E-state index contributed by atoms with van der Waals surface area (Å²) in [5, 5.41) is 26.1. The number of aliphatic hydroxyl groups is 1. The summed E-state index contributed by atoms with van der Waals surface area (Å²) in [6.45, 7) is 3.53. The lowest BCUT2D eigenvalue weighted by Crippen LogP contribution is -2.38. The van der Waals surface area contributed by atoms with Crippen molar-refractivity contribution in [2.45, 2.75) is 26.0 Å². The Kier molecular flexibility index (Phi) is 4.67. The van der Waals surface area contributed by atoms with Crippen LogP contribution in [0.4, 0.5) is 10.5 Å². The van der Waals surface area contributed by atoms with Crippen molar-refractivity contribution < 1.29 is 19.8 Å². The average molecular weight is 256 g/mol. The minimum absolute atomic E-state index is 0.178. The molecule has 18 heavy (non-hydrogen) atoms. The van der Waals surface area contributed by atoms with Gasteiger partial charge < -0.3 is 20.8 Å². The Morgan fingerprint density at radius 1 is 1.50 bits per heavy atom. The first-order chi connectivity index (χ1) is 8.40. The van der Waals surface area contributed by atoms with E-state index in [-0.39, 0.29) is 12.6 Å². The summed E-state index contributed by atoms with van der Waals surface area (Å²) in [4.78, 5) is 21.7. The minimum Gasteiger partial charge on any atom is -0.479 e. The zero-order valence-electron chi connectivity index (χ0n) is 10.1. The summed E-state index contributed by atoms with van der Waals surface area (Å²) in [5.74, 6) is -1.39. The molecule has 0 spiro atoms. The summed E-state index contributed by atoms with van der Waals surface area (Å²) in [5.41, 5.74) is 0.492. The monoisotopic (exact) mass is 256 g/mol. The summed E-state index contributed by atoms with van der Waals surface area (Å²) in [6.07, 6.45) is 1.51. The van der Waals surface area contributed by atoms with Crippen molar-refractivity contribution in [3.05, 3.63) is 12.4 Å². The molecule has 0 aliphatic carbocycles. The number of rotatable bonds is 5. The molecule has 4 N–H and O–H groups in total. The third-order valence-electron chi connectivity index (χ3n) is 2.13. The van der Waals surface area contributed by atoms with Gasteiger partial charge in [0.15, 0.2) is 6.10 Å². The number of anilines is 1. The second kappa shape index (κ2) is 6.01. The molecule has 0 saturated heterocycles. The number of carboxylic acid groups (broad SMARTS) is 1. The number of carbonyl (C=O) groups excluding carboxylic acids is 1. The van der Waals surface area contributed by atoms with E-state index in [4.69, 9.17) is 10.2 Å². The standard InChI is InChI=1S/C10H16N4O4/c1-6(2)14-5-7(3-12-14)13-10(18)11-4-8(15)9(16)17/h3,5-6,8,15H,4H2,1-2H3,(H,16,17)(H2,11,13,18)/t8-/m0/s1. The number of nitrogens with zero attached hydrogens (tertiary/aromatic N) is 2. The first kappa shape index (κ1) is 14.0. The highest BCUT2D eigenvalue weighted by Crippen LogP contribution is 2.09. The van der Waals surface area contributed by atoms with Gasteiger partial charge in [-0.05, 0) is 13.8 Å². The van der Waals surface area contributed by atoms with Crippen LogP contribution in [0.25, 0.3) is 0 Å². The van der Waals surface area contributed by atoms with Gasteiger partial charge in [0, 0.05) is 12.2 Å². The van der Waals surface area contributed by atoms with Gasteiger partial charge in [0.25, 0.3) is 0 Å². The Balaban J connectivity index is 2.42. The van der Waals surface area contributed by atoms with Crippen molar-refractivity contribution in [2.24, 2.45) is 0 Å². The fraction of sp³-hybridized carbons (Fsp3) is 0.500. The van der Waals surface area contributed by atoms with Crippen LogP contribution in [0.15, 0.2) is 12.4 Å². The number of carbonyl (C=O) groups is 2. The van der Waals surface area contributed by atoms with E-state index in [9.17, 15) is 9.59 Å². The third-order valence-corrected chi connectivity index (χ3v) is 2.13. The number of hydrogen-bond acceptors (Lipinski definition) is 4. The number of nitrogens with one attached hydrogen (secondary N) is 2. The molecule has 0 unspecified atom stereocenters. The predicted molar refractivity (Wildman–Crippen MR) is 63.3 cm³/mol. The normalized spacial score (nSPS) is 12.2. The van der Waals surface area contributed by atoms with Crippen LogP contribution in [-0.2, 0) is 4.79 Å². The molecule has 0 saturated carbocycles. The van der Waals surface area contributed by atoms with E-state index in [0.717, 1.165) is 0 Å². The Bertz CT molecular complexity index is 429. The lowest BCUT2D eigenvalue weighted by atomic mass is 10.4. The van der Waals surface area contributed by atoms with Crippen molar-refractivity contribution in [2.75, 3.05) is 11.9 Å². The number of aromatic nitrogens is 2. The molecule has 0 bridgehead atoms. The molecule has 0 aromatic carbocycles. The van der Waals surface area contributed by atoms with Gasteiger partial charge in [-0.3, -0.25) is 4.68 Å². The second-order valence-electron chi connectivity index (χ2n) is 3.99. The van der Waals surface area contributed by atoms with Crippen molar-refractivity contribution >= 4 is 17.7 Å². The van der Waals surface area contributed by atoms with Crippen LogP contribution in [0.3, 0.4) is 0 Å². The van der Waals surface area contributed by atoms with E-state index in [0.29, 0.717) is 5.69 Å². The number of carboxylic acids is 1. The van der Waals surface area contributed by atoms with Crippen LogP contribution in [-0.4, -0.2) is 44.6 Å². The highest BCUT2D eigenvalue weighted by atomic mass is 16.4. The molecular formula is C10H16N4O4. The molecule has 8 heteroatoms. The van der Waals surface area contributed by atoms with Gasteiger partial charge >= 0.3 is 12.0 Å². The molecule has 1 rings (SSSR count). The highest BCUT2D eigenvalue weighted by Gasteiger charge is 2.14. The quantitative estimate of drug-likeness (QED) is 0.593. The molecule has 2 amide bonds. The lowest BCUT2D eigenvalue weighted by molar-refractivity contribution is -0.146. The first-order valence-corrected chi connectivity index (χ1v) is 5.40. The van der Waals surface area contributed by atoms with Crippen LogP contribution in [0.1, 0.15) is 19.9 Å². The Morgan fingerprint density at radius 3 is 2.67 bits per heavy atom. The fourth-order valence-corrected chi connectivity index (χ4v) is 1.14. The van der Waals surface area contributed by atoms with E-state index in [1.165, 1.54) is 6.20 Å². The van der Waals surface area contributed by atoms with Crippen LogP contribution >= 0.6 is 0 Å². The van der Waals surface area contributed by atoms with Gasteiger partial charge in [0.1, 0.15) is 0 Å². The molecule has 100 valence electrons. The molecule has 0 fully saturated rings. The molecule has 1 aromatic rings. The van der Waals surface area contributed by atoms with Crippen molar-refractivity contribution in [3.8, 4) is 0 Å². The number of hydrogen-bond donors (Lipinski definition) is 4. The molecule has 0 aliphatic heterocycles. The highest BCUT2D eigenvalue weighted by molar-refractivity contribution is 5.89. The molecule has 1 atom stereocenters. The Labute approximate surface area is 104 Å². The van der Waals surface area contributed by atoms with E-state index < -0.39 is 18.1 Å². The van der Waals surface area contributed by atoms with Crippen LogP contribution in [0.5, 0.6) is 0 Å². The van der Waals surface area contributed by atoms with Crippen molar-refractivity contribution in [1.82, 2.24) is 15.1 Å². The van der Waals surface area contributed by atoms with Gasteiger partial charge in [-0.25, -0.2) is 9.59 Å². The number of amides is 2. The average Bonchev–Trinajstić information content (AvgIpc) is 2.74. The van der Waals surface area contributed by atoms with Gasteiger partial charge in [0.05, 0.1) is 18.4 Å². The van der Waals surface area contributed by atoms with Gasteiger partial charge in [0.2, 0.25) is 0 Å². The molecule has 1 aromatic heterocycles. The van der Waals surface area contributed by atoms with Crippen LogP contribution < -0.4 is 10.6 Å². The number of aliphatic hydroxyl groups excluding tert-OH is 1. The van der Waals surface area contributed by atoms with E-state index >= 15 is 0 Å². The summed E-state index contributed by atoms with van der Waals surface area (Å²) >= 11 is 0. The van der Waals surface area contributed by atoms with E-state index in [2.05, 4.69) is 15.7 Å². The predicted octanol–water partition coefficient (Wildman–Crippen LogP) is 0.0310. The van der Waals surface area contributed by atoms with Crippen molar-refractivity contribution in [3.63, 3.8) is 0 Å². The topological polar surface area (TPSA) is 116 Å². The second-order valence-corrected chi connectivity index (χ2v) is 3.99. The fourth-order valence-electron chi connectivity index (χ4n) is 1.14. The Morgan fingerprint density at radius 2 is 2.17 bits per heavy atom. The number of aliphatic carboxylic acids is 1. The molecule has 8 nitrogen and oxygen atoms in total. The molecule has 0 aliphatic rings. The van der Waals surface area contributed by atoms with Crippen LogP contribution in [0.2, 0.25) is 0 Å². The third kappa shape index (κ3) is 4.06. The zero-order chi connectivity index (χ0) is 13.7. The lowest BCUT2D eigenvalue weighted by Gasteiger charge is -2.08. The maximum atomic E-state index is 11.4. The molecule has 0 radical (unpaired) electrons. The summed E-state index contributed by atoms with van der Waals surface area (Å²) in [6, 6.07) is -0.420. The molecular weight excluding hydrogens is 240 g/mol. The zero-order valence-corrected chi connectivity index (χ0v) is 10.1. The summed E-state index contributed by atoms with van der Waals surface area (Å²) in [7, 11) is 0. The number of urea groups is 1. The van der Waals surface area contributed by atoms with E-state index in [1.54, 1.807) is 10.9 Å². The SMILES string of the molecule is CC(C)n1cc(NC(=O)NC[C@H](O)C(=O)O)cn1. The first-order valence-electron chi connectivity index (χ1n) is 5.40. The maximum absolute atomic E-state index is 11.4. The van der Waals surface area contributed by atoms with Crippen molar-refractivity contribution in [1.29, 1.82) is 0 Å². The minimum atomic E-state index is -1.62. The molecule has 1 heterocycles. The largest absolute Gasteiger partial charge is 0.479 e. The smallest absolute Gasteiger partial charge is 0.334 e. The van der Waals surface area contributed by atoms with E-state index in [1.807, 2.05) is 13.8 Å². The van der Waals surface area contributed by atoms with Crippen LogP contribution in [0, 0.1) is 0 Å². The summed E-state index contributed by atoms with van der Waals surface area (Å²) < 4.78 is 1.67. The van der Waals surface area contributed by atoms with Gasteiger partial charge in [-0.1, -0.05) is 0 Å². The maximum Gasteiger partial charge on any atom is 0.334 e. The van der Waals surface area contributed by atoms with Gasteiger partial charge in [-0.2, -0.15) is 5.10 Å².